The molecule has 0 saturated carbocycles. The maximum Gasteiger partial charge on any atom is 0.328 e. The number of hydrogen-bond donors (Lipinski definition) is 1. The molecular formula is C19H19F2NO3. The third kappa shape index (κ3) is 5.11. The number of esters is 1. The van der Waals surface area contributed by atoms with Gasteiger partial charge in [0, 0.05) is 12.0 Å². The number of methoxy groups -OCH3 is 1. The molecule has 2 aromatic rings. The number of carbonyl (C=O) groups excluding carboxylic acids is 2. The van der Waals surface area contributed by atoms with E-state index in [-0.39, 0.29) is 12.0 Å². The molecule has 0 radical (unpaired) electrons. The lowest BCUT2D eigenvalue weighted by Gasteiger charge is -2.17. The molecule has 0 aliphatic heterocycles. The second-order valence-corrected chi connectivity index (χ2v) is 5.71. The van der Waals surface area contributed by atoms with Crippen molar-refractivity contribution in [3.63, 3.8) is 0 Å². The fourth-order valence-corrected chi connectivity index (χ4v) is 2.40. The van der Waals surface area contributed by atoms with Crippen molar-refractivity contribution in [2.45, 2.75) is 25.8 Å². The molecule has 6 heteroatoms. The molecule has 0 aliphatic carbocycles. The predicted molar refractivity (Wildman–Crippen MR) is 88.9 cm³/mol. The number of ether oxygens (including phenoxy) is 1. The Kier molecular flexibility index (Phi) is 6.22. The SMILES string of the molecule is COC(=O)[C@@H](Cc1ccc(C)cc1)NC(=O)Cc1c(F)cccc1F. The number of hydrogen-bond acceptors (Lipinski definition) is 3. The maximum atomic E-state index is 13.6. The van der Waals surface area contributed by atoms with Gasteiger partial charge in [0.15, 0.2) is 0 Å². The Bertz CT molecular complexity index is 740. The lowest BCUT2D eigenvalue weighted by atomic mass is 10.0. The normalized spacial score (nSPS) is 11.7. The Morgan fingerprint density at radius 2 is 1.68 bits per heavy atom. The van der Waals surface area contributed by atoms with Crippen molar-refractivity contribution < 1.29 is 23.1 Å². The van der Waals surface area contributed by atoms with E-state index >= 15 is 0 Å². The van der Waals surface area contributed by atoms with E-state index in [1.807, 2.05) is 31.2 Å². The molecule has 1 N–H and O–H groups in total. The average Bonchev–Trinajstić information content (AvgIpc) is 2.59. The molecule has 25 heavy (non-hydrogen) atoms. The van der Waals surface area contributed by atoms with Crippen molar-refractivity contribution in [3.8, 4) is 0 Å². The van der Waals surface area contributed by atoms with Crippen molar-refractivity contribution in [2.75, 3.05) is 7.11 Å². The molecule has 0 saturated heterocycles. The predicted octanol–water partition coefficient (Wildman–Crippen LogP) is 2.72. The van der Waals surface area contributed by atoms with Crippen LogP contribution in [0.3, 0.4) is 0 Å². The molecule has 2 aromatic carbocycles. The van der Waals surface area contributed by atoms with E-state index in [0.29, 0.717) is 0 Å². The summed E-state index contributed by atoms with van der Waals surface area (Å²) in [6.45, 7) is 1.94. The molecule has 1 amide bonds. The molecule has 2 rings (SSSR count). The molecule has 0 spiro atoms. The van der Waals surface area contributed by atoms with Crippen molar-refractivity contribution in [2.24, 2.45) is 0 Å². The average molecular weight is 347 g/mol. The summed E-state index contributed by atoms with van der Waals surface area (Å²) in [6, 6.07) is 9.91. The molecule has 0 fully saturated rings. The summed E-state index contributed by atoms with van der Waals surface area (Å²) in [7, 11) is 1.22. The molecule has 1 atom stereocenters. The highest BCUT2D eigenvalue weighted by Crippen LogP contribution is 2.13. The zero-order valence-electron chi connectivity index (χ0n) is 14.0. The number of nitrogens with one attached hydrogen (secondary N) is 1. The van der Waals surface area contributed by atoms with Crippen LogP contribution in [0.25, 0.3) is 0 Å². The van der Waals surface area contributed by atoms with E-state index in [1.165, 1.54) is 13.2 Å². The van der Waals surface area contributed by atoms with Crippen LogP contribution in [0.2, 0.25) is 0 Å². The molecule has 0 bridgehead atoms. The molecule has 0 heterocycles. The van der Waals surface area contributed by atoms with Gasteiger partial charge < -0.3 is 10.1 Å². The summed E-state index contributed by atoms with van der Waals surface area (Å²) in [5.74, 6) is -2.89. The van der Waals surface area contributed by atoms with Gasteiger partial charge in [0.2, 0.25) is 5.91 Å². The number of amides is 1. The second kappa shape index (κ2) is 8.37. The highest BCUT2D eigenvalue weighted by atomic mass is 19.1. The van der Waals surface area contributed by atoms with E-state index < -0.39 is 36.0 Å². The first-order valence-electron chi connectivity index (χ1n) is 7.76. The van der Waals surface area contributed by atoms with Gasteiger partial charge in [-0.15, -0.1) is 0 Å². The van der Waals surface area contributed by atoms with Crippen molar-refractivity contribution in [3.05, 3.63) is 70.8 Å². The number of benzene rings is 2. The van der Waals surface area contributed by atoms with Gasteiger partial charge >= 0.3 is 5.97 Å². The first kappa shape index (κ1) is 18.6. The number of rotatable bonds is 6. The Labute approximate surface area is 144 Å². The summed E-state index contributed by atoms with van der Waals surface area (Å²) in [5, 5.41) is 2.49. The smallest absolute Gasteiger partial charge is 0.328 e. The van der Waals surface area contributed by atoms with Gasteiger partial charge in [0.05, 0.1) is 13.5 Å². The van der Waals surface area contributed by atoms with Crippen molar-refractivity contribution in [1.29, 1.82) is 0 Å². The first-order valence-corrected chi connectivity index (χ1v) is 7.76. The van der Waals surface area contributed by atoms with Crippen LogP contribution in [0.15, 0.2) is 42.5 Å². The van der Waals surface area contributed by atoms with Crippen LogP contribution >= 0.6 is 0 Å². The number of halogens is 2. The van der Waals surface area contributed by atoms with Gasteiger partial charge in [-0.3, -0.25) is 4.79 Å². The third-order valence-corrected chi connectivity index (χ3v) is 3.78. The minimum absolute atomic E-state index is 0.221. The van der Waals surface area contributed by atoms with Gasteiger partial charge in [-0.1, -0.05) is 35.9 Å². The van der Waals surface area contributed by atoms with Crippen LogP contribution in [0.5, 0.6) is 0 Å². The van der Waals surface area contributed by atoms with Crippen LogP contribution in [-0.2, 0) is 27.2 Å². The summed E-state index contributed by atoms with van der Waals surface area (Å²) in [6.07, 6.45) is -0.279. The van der Waals surface area contributed by atoms with E-state index in [9.17, 15) is 18.4 Å². The molecule has 4 nitrogen and oxygen atoms in total. The quantitative estimate of drug-likeness (QED) is 0.818. The van der Waals surface area contributed by atoms with Crippen molar-refractivity contribution in [1.82, 2.24) is 5.32 Å². The zero-order chi connectivity index (χ0) is 18.4. The van der Waals surface area contributed by atoms with Crippen LogP contribution in [-0.4, -0.2) is 25.0 Å². The lowest BCUT2D eigenvalue weighted by Crippen LogP contribution is -2.43. The zero-order valence-corrected chi connectivity index (χ0v) is 14.0. The third-order valence-electron chi connectivity index (χ3n) is 3.78. The molecule has 0 aliphatic rings. The summed E-state index contributed by atoms with van der Waals surface area (Å²) in [4.78, 5) is 24.1. The molecule has 0 aromatic heterocycles. The van der Waals surface area contributed by atoms with Crippen LogP contribution in [0, 0.1) is 18.6 Å². The Hall–Kier alpha value is -2.76. The van der Waals surface area contributed by atoms with E-state index in [1.54, 1.807) is 0 Å². The van der Waals surface area contributed by atoms with Crippen LogP contribution in [0.1, 0.15) is 16.7 Å². The molecule has 132 valence electrons. The number of carbonyl (C=O) groups is 2. The standard InChI is InChI=1S/C19H19F2NO3/c1-12-6-8-13(9-7-12)10-17(19(24)25-2)22-18(23)11-14-15(20)4-3-5-16(14)21/h3-9,17H,10-11H2,1-2H3,(H,22,23)/t17-/m1/s1. The maximum absolute atomic E-state index is 13.6. The van der Waals surface area contributed by atoms with Crippen LogP contribution < -0.4 is 5.32 Å². The Morgan fingerprint density at radius 1 is 1.08 bits per heavy atom. The molecular weight excluding hydrogens is 328 g/mol. The monoisotopic (exact) mass is 347 g/mol. The minimum Gasteiger partial charge on any atom is -0.467 e. The topological polar surface area (TPSA) is 55.4 Å². The van der Waals surface area contributed by atoms with Crippen molar-refractivity contribution >= 4 is 11.9 Å². The summed E-state index contributed by atoms with van der Waals surface area (Å²) in [5.41, 5.74) is 1.56. The molecule has 0 unspecified atom stereocenters. The van der Waals surface area contributed by atoms with Crippen LogP contribution in [0.4, 0.5) is 8.78 Å². The number of aryl methyl sites for hydroxylation is 1. The van der Waals surface area contributed by atoms with Gasteiger partial charge in [-0.25, -0.2) is 13.6 Å². The largest absolute Gasteiger partial charge is 0.467 e. The summed E-state index contributed by atoms with van der Waals surface area (Å²) < 4.78 is 32.0. The fraction of sp³-hybridized carbons (Fsp3) is 0.263. The van der Waals surface area contributed by atoms with E-state index in [4.69, 9.17) is 4.74 Å². The lowest BCUT2D eigenvalue weighted by molar-refractivity contribution is -0.145. The highest BCUT2D eigenvalue weighted by Gasteiger charge is 2.23. The van der Waals surface area contributed by atoms with Gasteiger partial charge in [0.1, 0.15) is 17.7 Å². The van der Waals surface area contributed by atoms with Gasteiger partial charge in [-0.2, -0.15) is 0 Å². The Morgan fingerprint density at radius 3 is 2.24 bits per heavy atom. The van der Waals surface area contributed by atoms with Gasteiger partial charge in [0.25, 0.3) is 0 Å². The first-order chi connectivity index (χ1) is 11.9. The minimum atomic E-state index is -0.935. The fourth-order valence-electron chi connectivity index (χ4n) is 2.40. The highest BCUT2D eigenvalue weighted by molar-refractivity contribution is 5.85. The van der Waals surface area contributed by atoms with Gasteiger partial charge in [-0.05, 0) is 24.6 Å². The summed E-state index contributed by atoms with van der Waals surface area (Å²) >= 11 is 0. The van der Waals surface area contributed by atoms with E-state index in [2.05, 4.69) is 5.32 Å². The van der Waals surface area contributed by atoms with E-state index in [0.717, 1.165) is 23.3 Å². The Balaban J connectivity index is 2.09. The second-order valence-electron chi connectivity index (χ2n) is 5.71.